The van der Waals surface area contributed by atoms with Crippen molar-refractivity contribution >= 4 is 34.8 Å². The summed E-state index contributed by atoms with van der Waals surface area (Å²) < 4.78 is 5.94. The SMILES string of the molecule is O=C(Nc1cc(N2CCCC2=O)ccc1Cl)c1ccc(OC2CCCC2)cc1. The first-order valence-electron chi connectivity index (χ1n) is 9.78. The molecule has 1 saturated heterocycles. The molecule has 4 rings (SSSR count). The molecular weight excluding hydrogens is 376 g/mol. The lowest BCUT2D eigenvalue weighted by Gasteiger charge is -2.18. The number of anilines is 2. The third kappa shape index (κ3) is 4.14. The standard InChI is InChI=1S/C22H23ClN2O3/c23-19-12-9-16(25-13-3-6-21(25)26)14-20(19)24-22(27)15-7-10-18(11-8-15)28-17-4-1-2-5-17/h7-12,14,17H,1-6,13H2,(H,24,27). The average molecular weight is 399 g/mol. The van der Waals surface area contributed by atoms with Crippen LogP contribution in [0.5, 0.6) is 5.75 Å². The topological polar surface area (TPSA) is 58.6 Å². The van der Waals surface area contributed by atoms with Crippen molar-refractivity contribution < 1.29 is 14.3 Å². The molecule has 1 aliphatic heterocycles. The van der Waals surface area contributed by atoms with Crippen molar-refractivity contribution in [2.75, 3.05) is 16.8 Å². The van der Waals surface area contributed by atoms with Crippen LogP contribution in [0.25, 0.3) is 0 Å². The molecule has 2 aliphatic rings. The normalized spacial score (nSPS) is 17.2. The largest absolute Gasteiger partial charge is 0.490 e. The van der Waals surface area contributed by atoms with E-state index in [0.717, 1.165) is 30.7 Å². The molecular formula is C22H23ClN2O3. The molecule has 2 fully saturated rings. The van der Waals surface area contributed by atoms with Crippen LogP contribution in [-0.2, 0) is 4.79 Å². The van der Waals surface area contributed by atoms with Crippen LogP contribution in [0.4, 0.5) is 11.4 Å². The number of ether oxygens (including phenoxy) is 1. The van der Waals surface area contributed by atoms with Gasteiger partial charge in [-0.15, -0.1) is 0 Å². The van der Waals surface area contributed by atoms with Gasteiger partial charge in [0.25, 0.3) is 5.91 Å². The Kier molecular flexibility index (Phi) is 5.53. The molecule has 0 atom stereocenters. The molecule has 2 amide bonds. The molecule has 28 heavy (non-hydrogen) atoms. The maximum Gasteiger partial charge on any atom is 0.255 e. The third-order valence-corrected chi connectivity index (χ3v) is 5.63. The minimum absolute atomic E-state index is 0.0949. The lowest BCUT2D eigenvalue weighted by molar-refractivity contribution is -0.117. The van der Waals surface area contributed by atoms with Crippen molar-refractivity contribution in [2.45, 2.75) is 44.6 Å². The lowest BCUT2D eigenvalue weighted by atomic mass is 10.2. The summed E-state index contributed by atoms with van der Waals surface area (Å²) in [6.45, 7) is 0.691. The average Bonchev–Trinajstić information content (AvgIpc) is 3.36. The first kappa shape index (κ1) is 18.8. The number of nitrogens with one attached hydrogen (secondary N) is 1. The highest BCUT2D eigenvalue weighted by molar-refractivity contribution is 6.34. The van der Waals surface area contributed by atoms with E-state index in [9.17, 15) is 9.59 Å². The number of amides is 2. The second-order valence-corrected chi connectivity index (χ2v) is 7.72. The van der Waals surface area contributed by atoms with Crippen molar-refractivity contribution in [1.29, 1.82) is 0 Å². The molecule has 1 aliphatic carbocycles. The number of carbonyl (C=O) groups excluding carboxylic acids is 2. The van der Waals surface area contributed by atoms with Gasteiger partial charge in [0.05, 0.1) is 16.8 Å². The molecule has 0 bridgehead atoms. The minimum Gasteiger partial charge on any atom is -0.490 e. The van der Waals surface area contributed by atoms with Gasteiger partial charge < -0.3 is 15.0 Å². The fourth-order valence-electron chi connectivity index (χ4n) is 3.78. The molecule has 0 aromatic heterocycles. The highest BCUT2D eigenvalue weighted by Crippen LogP contribution is 2.30. The van der Waals surface area contributed by atoms with Crippen molar-refractivity contribution in [3.8, 4) is 5.75 Å². The van der Waals surface area contributed by atoms with Crippen LogP contribution in [0.15, 0.2) is 42.5 Å². The van der Waals surface area contributed by atoms with E-state index in [-0.39, 0.29) is 17.9 Å². The zero-order valence-corrected chi connectivity index (χ0v) is 16.4. The Morgan fingerprint density at radius 3 is 2.50 bits per heavy atom. The summed E-state index contributed by atoms with van der Waals surface area (Å²) in [5.41, 5.74) is 1.77. The number of halogens is 1. The van der Waals surface area contributed by atoms with E-state index in [1.165, 1.54) is 12.8 Å². The zero-order valence-electron chi connectivity index (χ0n) is 15.6. The predicted octanol–water partition coefficient (Wildman–Crippen LogP) is 5.04. The zero-order chi connectivity index (χ0) is 19.5. The van der Waals surface area contributed by atoms with Crippen molar-refractivity contribution in [3.05, 3.63) is 53.1 Å². The second kappa shape index (κ2) is 8.23. The van der Waals surface area contributed by atoms with Gasteiger partial charge in [-0.1, -0.05) is 11.6 Å². The number of hydrogen-bond acceptors (Lipinski definition) is 3. The van der Waals surface area contributed by atoms with Crippen molar-refractivity contribution in [2.24, 2.45) is 0 Å². The Hall–Kier alpha value is -2.53. The summed E-state index contributed by atoms with van der Waals surface area (Å²) >= 11 is 6.25. The maximum absolute atomic E-state index is 12.6. The molecule has 2 aromatic rings. The Morgan fingerprint density at radius 2 is 1.82 bits per heavy atom. The Morgan fingerprint density at radius 1 is 1.07 bits per heavy atom. The van der Waals surface area contributed by atoms with E-state index in [2.05, 4.69) is 5.32 Å². The van der Waals surface area contributed by atoms with E-state index >= 15 is 0 Å². The van der Waals surface area contributed by atoms with Crippen molar-refractivity contribution in [3.63, 3.8) is 0 Å². The first-order chi connectivity index (χ1) is 13.6. The van der Waals surface area contributed by atoms with Gasteiger partial charge in [0.15, 0.2) is 0 Å². The lowest BCUT2D eigenvalue weighted by Crippen LogP contribution is -2.23. The first-order valence-corrected chi connectivity index (χ1v) is 10.2. The van der Waals surface area contributed by atoms with E-state index in [1.807, 2.05) is 12.1 Å². The molecule has 1 saturated carbocycles. The second-order valence-electron chi connectivity index (χ2n) is 7.32. The van der Waals surface area contributed by atoms with Crippen LogP contribution in [-0.4, -0.2) is 24.5 Å². The molecule has 0 unspecified atom stereocenters. The summed E-state index contributed by atoms with van der Waals surface area (Å²) in [7, 11) is 0. The fourth-order valence-corrected chi connectivity index (χ4v) is 3.94. The molecule has 146 valence electrons. The van der Waals surface area contributed by atoms with Gasteiger partial charge >= 0.3 is 0 Å². The summed E-state index contributed by atoms with van der Waals surface area (Å²) in [5, 5.41) is 3.28. The highest BCUT2D eigenvalue weighted by atomic mass is 35.5. The molecule has 0 radical (unpaired) electrons. The number of hydrogen-bond donors (Lipinski definition) is 1. The summed E-state index contributed by atoms with van der Waals surface area (Å²) in [6, 6.07) is 12.4. The summed E-state index contributed by atoms with van der Waals surface area (Å²) in [4.78, 5) is 26.3. The van der Waals surface area contributed by atoms with Crippen LogP contribution in [0.3, 0.4) is 0 Å². The van der Waals surface area contributed by atoms with Crippen LogP contribution in [0.1, 0.15) is 48.9 Å². The number of carbonyl (C=O) groups is 2. The van der Waals surface area contributed by atoms with Gasteiger partial charge in [-0.05, 0) is 74.6 Å². The Labute approximate surface area is 169 Å². The number of rotatable bonds is 5. The number of benzene rings is 2. The minimum atomic E-state index is -0.251. The smallest absolute Gasteiger partial charge is 0.255 e. The summed E-state index contributed by atoms with van der Waals surface area (Å²) in [5.74, 6) is 0.632. The molecule has 0 spiro atoms. The monoisotopic (exact) mass is 398 g/mol. The van der Waals surface area contributed by atoms with Gasteiger partial charge in [-0.3, -0.25) is 9.59 Å². The molecule has 2 aromatic carbocycles. The van der Waals surface area contributed by atoms with E-state index in [0.29, 0.717) is 29.2 Å². The van der Waals surface area contributed by atoms with Crippen LogP contribution in [0.2, 0.25) is 5.02 Å². The van der Waals surface area contributed by atoms with Gasteiger partial charge in [0.1, 0.15) is 5.75 Å². The fraction of sp³-hybridized carbons (Fsp3) is 0.364. The third-order valence-electron chi connectivity index (χ3n) is 5.30. The van der Waals surface area contributed by atoms with Gasteiger partial charge in [-0.25, -0.2) is 0 Å². The quantitative estimate of drug-likeness (QED) is 0.767. The molecule has 1 N–H and O–H groups in total. The van der Waals surface area contributed by atoms with Gasteiger partial charge in [0.2, 0.25) is 5.91 Å². The van der Waals surface area contributed by atoms with Gasteiger partial charge in [-0.2, -0.15) is 0 Å². The highest BCUT2D eigenvalue weighted by Gasteiger charge is 2.22. The van der Waals surface area contributed by atoms with Crippen molar-refractivity contribution in [1.82, 2.24) is 0 Å². The number of nitrogens with zero attached hydrogens (tertiary/aromatic N) is 1. The van der Waals surface area contributed by atoms with Crippen LogP contribution >= 0.6 is 11.6 Å². The van der Waals surface area contributed by atoms with E-state index in [4.69, 9.17) is 16.3 Å². The summed E-state index contributed by atoms with van der Waals surface area (Å²) in [6.07, 6.45) is 6.31. The van der Waals surface area contributed by atoms with E-state index in [1.54, 1.807) is 35.2 Å². The molecule has 5 nitrogen and oxygen atoms in total. The molecule has 1 heterocycles. The van der Waals surface area contributed by atoms with Gasteiger partial charge in [0, 0.05) is 24.2 Å². The molecule has 6 heteroatoms. The predicted molar refractivity (Wildman–Crippen MR) is 110 cm³/mol. The Balaban J connectivity index is 1.44. The van der Waals surface area contributed by atoms with Crippen LogP contribution < -0.4 is 15.0 Å². The van der Waals surface area contributed by atoms with Crippen LogP contribution in [0, 0.1) is 0 Å². The Bertz CT molecular complexity index is 876. The van der Waals surface area contributed by atoms with E-state index < -0.39 is 0 Å². The maximum atomic E-state index is 12.6.